The van der Waals surface area contributed by atoms with Crippen LogP contribution < -0.4 is 20.5 Å². The van der Waals surface area contributed by atoms with E-state index in [-0.39, 0.29) is 11.5 Å². The molecule has 0 aliphatic carbocycles. The topological polar surface area (TPSA) is 56.5 Å². The smallest absolute Gasteiger partial charge is 0.166 e. The summed E-state index contributed by atoms with van der Waals surface area (Å²) in [5, 5.41) is 3.71. The first kappa shape index (κ1) is 16.2. The van der Waals surface area contributed by atoms with Gasteiger partial charge >= 0.3 is 0 Å². The Morgan fingerprint density at radius 2 is 2.12 bits per heavy atom. The summed E-state index contributed by atoms with van der Waals surface area (Å²) in [5.41, 5.74) is 10.2. The Hall–Kier alpha value is -2.27. The predicted molar refractivity (Wildman–Crippen MR) is 104 cm³/mol. The third-order valence-corrected chi connectivity index (χ3v) is 5.85. The highest BCUT2D eigenvalue weighted by molar-refractivity contribution is 7.80. The minimum Gasteiger partial charge on any atom is -0.493 e. The molecule has 2 aliphatic rings. The number of thiocarbonyl (C=S) groups is 1. The summed E-state index contributed by atoms with van der Waals surface area (Å²) in [6, 6.07) is 12.4. The summed E-state index contributed by atoms with van der Waals surface area (Å²) >= 11 is 5.16. The van der Waals surface area contributed by atoms with E-state index in [1.807, 2.05) is 18.2 Å². The van der Waals surface area contributed by atoms with Gasteiger partial charge in [0.2, 0.25) is 0 Å². The fourth-order valence-corrected chi connectivity index (χ4v) is 4.23. The van der Waals surface area contributed by atoms with Gasteiger partial charge in [-0.25, -0.2) is 0 Å². The Bertz CT molecular complexity index is 863. The van der Waals surface area contributed by atoms with Gasteiger partial charge in [-0.15, -0.1) is 0 Å². The van der Waals surface area contributed by atoms with Crippen molar-refractivity contribution in [3.63, 3.8) is 0 Å². The van der Waals surface area contributed by atoms with Crippen molar-refractivity contribution in [1.29, 1.82) is 0 Å². The molecule has 5 heteroatoms. The van der Waals surface area contributed by atoms with Gasteiger partial charge in [0.15, 0.2) is 11.5 Å². The van der Waals surface area contributed by atoms with Gasteiger partial charge < -0.3 is 20.5 Å². The molecule has 130 valence electrons. The molecule has 0 saturated heterocycles. The molecular weight excluding hydrogens is 332 g/mol. The van der Waals surface area contributed by atoms with E-state index in [2.05, 4.69) is 37.4 Å². The Labute approximate surface area is 153 Å². The molecule has 2 aromatic rings. The molecule has 2 heterocycles. The molecule has 0 spiro atoms. The lowest BCUT2D eigenvalue weighted by Crippen LogP contribution is -2.46. The number of hydrogen-bond acceptors (Lipinski definition) is 4. The Balaban J connectivity index is 1.84. The van der Waals surface area contributed by atoms with Gasteiger partial charge in [-0.2, -0.15) is 0 Å². The molecule has 2 unspecified atom stereocenters. The third kappa shape index (κ3) is 2.37. The van der Waals surface area contributed by atoms with Crippen LogP contribution in [-0.4, -0.2) is 18.7 Å². The Kier molecular flexibility index (Phi) is 3.65. The predicted octanol–water partition coefficient (Wildman–Crippen LogP) is 3.78. The van der Waals surface area contributed by atoms with Crippen molar-refractivity contribution in [2.75, 3.05) is 19.0 Å². The molecule has 2 aromatic carbocycles. The van der Waals surface area contributed by atoms with Crippen LogP contribution in [0.1, 0.15) is 36.6 Å². The molecular formula is C20H22N2O2S. The van der Waals surface area contributed by atoms with Crippen molar-refractivity contribution in [1.82, 2.24) is 0 Å². The summed E-state index contributed by atoms with van der Waals surface area (Å²) in [6.07, 6.45) is 0. The van der Waals surface area contributed by atoms with E-state index in [0.29, 0.717) is 17.5 Å². The number of hydrogen-bond donors (Lipinski definition) is 2. The van der Waals surface area contributed by atoms with E-state index in [0.717, 1.165) is 28.3 Å². The van der Waals surface area contributed by atoms with E-state index in [1.165, 1.54) is 5.56 Å². The minimum absolute atomic E-state index is 0.0766. The van der Waals surface area contributed by atoms with Gasteiger partial charge in [0.25, 0.3) is 0 Å². The highest BCUT2D eigenvalue weighted by atomic mass is 32.1. The van der Waals surface area contributed by atoms with Crippen LogP contribution in [0.4, 0.5) is 5.69 Å². The van der Waals surface area contributed by atoms with Crippen molar-refractivity contribution in [2.24, 2.45) is 11.7 Å². The van der Waals surface area contributed by atoms with Gasteiger partial charge in [0, 0.05) is 28.1 Å². The number of rotatable bonds is 2. The monoisotopic (exact) mass is 354 g/mol. The number of benzene rings is 2. The minimum atomic E-state index is -0.0766. The Morgan fingerprint density at radius 1 is 1.32 bits per heavy atom. The van der Waals surface area contributed by atoms with E-state index < -0.39 is 0 Å². The van der Waals surface area contributed by atoms with Gasteiger partial charge in [0.1, 0.15) is 4.99 Å². The normalized spacial score (nSPS) is 22.5. The average Bonchev–Trinajstić information content (AvgIpc) is 2.60. The lowest BCUT2D eigenvalue weighted by Gasteiger charge is -2.48. The average molecular weight is 354 g/mol. The standard InChI is InChI=1S/C20H22N2O2S/c1-20(2)13-9-11(19(21)25)7-8-15(13)22-17-12-5-4-6-16(23-3)18(12)24-10-14(17)20/h4-9,14,17,22H,10H2,1-3H3,(H2,21,25). The van der Waals surface area contributed by atoms with Crippen molar-refractivity contribution < 1.29 is 9.47 Å². The molecule has 2 aliphatic heterocycles. The molecule has 0 bridgehead atoms. The SMILES string of the molecule is COc1cccc2c1OCC1C2Nc2ccc(C(N)=S)cc2C1(C)C. The second-order valence-corrected chi connectivity index (χ2v) is 7.70. The van der Waals surface area contributed by atoms with Crippen LogP contribution in [0.2, 0.25) is 0 Å². The van der Waals surface area contributed by atoms with Gasteiger partial charge in [0.05, 0.1) is 19.8 Å². The van der Waals surface area contributed by atoms with Gasteiger partial charge in [-0.1, -0.05) is 38.2 Å². The number of para-hydroxylation sites is 1. The lowest BCUT2D eigenvalue weighted by atomic mass is 9.65. The third-order valence-electron chi connectivity index (χ3n) is 5.61. The highest BCUT2D eigenvalue weighted by Gasteiger charge is 2.46. The molecule has 0 aromatic heterocycles. The van der Waals surface area contributed by atoms with Crippen LogP contribution in [0, 0.1) is 5.92 Å². The highest BCUT2D eigenvalue weighted by Crippen LogP contribution is 2.53. The number of nitrogens with one attached hydrogen (secondary N) is 1. The zero-order valence-corrected chi connectivity index (χ0v) is 15.4. The van der Waals surface area contributed by atoms with Crippen molar-refractivity contribution in [3.8, 4) is 11.5 Å². The molecule has 3 N–H and O–H groups in total. The number of anilines is 1. The van der Waals surface area contributed by atoms with Crippen LogP contribution in [0.25, 0.3) is 0 Å². The van der Waals surface area contributed by atoms with Crippen molar-refractivity contribution in [3.05, 3.63) is 53.1 Å². The summed E-state index contributed by atoms with van der Waals surface area (Å²) < 4.78 is 11.6. The number of fused-ring (bicyclic) bond motifs is 4. The van der Waals surface area contributed by atoms with Crippen LogP contribution in [-0.2, 0) is 5.41 Å². The van der Waals surface area contributed by atoms with E-state index in [1.54, 1.807) is 7.11 Å². The number of nitrogens with two attached hydrogens (primary N) is 1. The first-order chi connectivity index (χ1) is 11.9. The maximum atomic E-state index is 6.13. The fraction of sp³-hybridized carbons (Fsp3) is 0.350. The lowest BCUT2D eigenvalue weighted by molar-refractivity contribution is 0.131. The second-order valence-electron chi connectivity index (χ2n) is 7.26. The summed E-state index contributed by atoms with van der Waals surface area (Å²) in [6.45, 7) is 5.17. The van der Waals surface area contributed by atoms with Gasteiger partial charge in [-0.3, -0.25) is 0 Å². The van der Waals surface area contributed by atoms with Crippen molar-refractivity contribution in [2.45, 2.75) is 25.3 Å². The van der Waals surface area contributed by atoms with E-state index in [4.69, 9.17) is 27.4 Å². The summed E-state index contributed by atoms with van der Waals surface area (Å²) in [7, 11) is 1.68. The molecule has 0 saturated carbocycles. The molecule has 0 amide bonds. The Morgan fingerprint density at radius 3 is 2.84 bits per heavy atom. The van der Waals surface area contributed by atoms with Crippen LogP contribution in [0.3, 0.4) is 0 Å². The molecule has 4 rings (SSSR count). The summed E-state index contributed by atoms with van der Waals surface area (Å²) in [4.78, 5) is 0.427. The van der Waals surface area contributed by atoms with E-state index >= 15 is 0 Å². The van der Waals surface area contributed by atoms with E-state index in [9.17, 15) is 0 Å². The first-order valence-electron chi connectivity index (χ1n) is 8.44. The number of ether oxygens (including phenoxy) is 2. The maximum absolute atomic E-state index is 6.13. The molecule has 25 heavy (non-hydrogen) atoms. The quantitative estimate of drug-likeness (QED) is 0.804. The molecule has 0 fully saturated rings. The van der Waals surface area contributed by atoms with Crippen LogP contribution >= 0.6 is 12.2 Å². The number of methoxy groups -OCH3 is 1. The van der Waals surface area contributed by atoms with Gasteiger partial charge in [-0.05, 0) is 29.8 Å². The molecule has 4 nitrogen and oxygen atoms in total. The zero-order valence-electron chi connectivity index (χ0n) is 14.6. The van der Waals surface area contributed by atoms with Crippen molar-refractivity contribution >= 4 is 22.9 Å². The second kappa shape index (κ2) is 5.63. The summed E-state index contributed by atoms with van der Waals surface area (Å²) in [5.74, 6) is 1.92. The fourth-order valence-electron chi connectivity index (χ4n) is 4.11. The largest absolute Gasteiger partial charge is 0.493 e. The molecule has 2 atom stereocenters. The molecule has 0 radical (unpaired) electrons. The zero-order chi connectivity index (χ0) is 17.8. The van der Waals surface area contributed by atoms with Crippen LogP contribution in [0.5, 0.6) is 11.5 Å². The van der Waals surface area contributed by atoms with Crippen LogP contribution in [0.15, 0.2) is 36.4 Å². The maximum Gasteiger partial charge on any atom is 0.166 e. The first-order valence-corrected chi connectivity index (χ1v) is 8.85.